The normalized spacial score (nSPS) is 11.1. The zero-order chi connectivity index (χ0) is 14.5. The minimum atomic E-state index is -0.873. The van der Waals surface area contributed by atoms with Crippen molar-refractivity contribution in [2.75, 3.05) is 0 Å². The van der Waals surface area contributed by atoms with Gasteiger partial charge < -0.3 is 9.84 Å². The van der Waals surface area contributed by atoms with Gasteiger partial charge in [0, 0.05) is 18.4 Å². The number of carboxylic acids is 1. The monoisotopic (exact) mass is 264 g/mol. The Kier molecular flexibility index (Phi) is 5.10. The number of aliphatic carboxylic acids is 1. The van der Waals surface area contributed by atoms with E-state index in [2.05, 4.69) is 0 Å². The Bertz CT molecular complexity index is 440. The molecule has 0 heterocycles. The summed E-state index contributed by atoms with van der Waals surface area (Å²) >= 11 is 0. The number of carboxylic acid groups (broad SMARTS) is 1. The molecule has 4 heteroatoms. The van der Waals surface area contributed by atoms with Crippen molar-refractivity contribution in [3.63, 3.8) is 0 Å². The van der Waals surface area contributed by atoms with Gasteiger partial charge in [-0.3, -0.25) is 9.59 Å². The third-order valence-electron chi connectivity index (χ3n) is 2.39. The van der Waals surface area contributed by atoms with Gasteiger partial charge in [-0.1, -0.05) is 0 Å². The number of rotatable bonds is 6. The van der Waals surface area contributed by atoms with Crippen LogP contribution < -0.4 is 4.74 Å². The molecule has 19 heavy (non-hydrogen) atoms. The summed E-state index contributed by atoms with van der Waals surface area (Å²) < 4.78 is 5.66. The summed E-state index contributed by atoms with van der Waals surface area (Å²) in [4.78, 5) is 22.2. The highest BCUT2D eigenvalue weighted by Gasteiger charge is 2.12. The number of ether oxygens (including phenoxy) is 1. The van der Waals surface area contributed by atoms with Crippen LogP contribution in [0.4, 0.5) is 0 Å². The van der Waals surface area contributed by atoms with Gasteiger partial charge in [0.2, 0.25) is 0 Å². The molecular weight excluding hydrogens is 244 g/mol. The summed E-state index contributed by atoms with van der Waals surface area (Å²) in [5.74, 6) is -0.195. The molecule has 1 rings (SSSR count). The fourth-order valence-electron chi connectivity index (χ4n) is 1.61. The topological polar surface area (TPSA) is 63.6 Å². The SMILES string of the molecule is CC(C)(C)Oc1ccc(C(=O)CCCC(=O)O)cc1. The fourth-order valence-corrected chi connectivity index (χ4v) is 1.61. The first-order valence-corrected chi connectivity index (χ1v) is 6.32. The number of Topliss-reactive ketones (excluding diaryl/α,β-unsaturated/α-hetero) is 1. The Balaban J connectivity index is 2.56. The van der Waals surface area contributed by atoms with Gasteiger partial charge in [-0.25, -0.2) is 0 Å². The first kappa shape index (κ1) is 15.2. The third kappa shape index (κ3) is 6.04. The van der Waals surface area contributed by atoms with Crippen LogP contribution in [-0.2, 0) is 4.79 Å². The molecule has 1 aromatic rings. The first-order valence-electron chi connectivity index (χ1n) is 6.32. The Morgan fingerprint density at radius 2 is 1.68 bits per heavy atom. The minimum absolute atomic E-state index is 0.0248. The van der Waals surface area contributed by atoms with E-state index in [-0.39, 0.29) is 24.2 Å². The lowest BCUT2D eigenvalue weighted by molar-refractivity contribution is -0.137. The molecule has 104 valence electrons. The Morgan fingerprint density at radius 1 is 1.11 bits per heavy atom. The van der Waals surface area contributed by atoms with Crippen molar-refractivity contribution in [2.45, 2.75) is 45.6 Å². The largest absolute Gasteiger partial charge is 0.488 e. The van der Waals surface area contributed by atoms with Crippen molar-refractivity contribution < 1.29 is 19.4 Å². The molecule has 0 atom stereocenters. The van der Waals surface area contributed by atoms with E-state index in [1.807, 2.05) is 20.8 Å². The van der Waals surface area contributed by atoms with E-state index in [4.69, 9.17) is 9.84 Å². The molecule has 0 radical (unpaired) electrons. The predicted molar refractivity (Wildman–Crippen MR) is 72.6 cm³/mol. The van der Waals surface area contributed by atoms with Crippen molar-refractivity contribution >= 4 is 11.8 Å². The Morgan fingerprint density at radius 3 is 2.16 bits per heavy atom. The van der Waals surface area contributed by atoms with Crippen molar-refractivity contribution in [1.29, 1.82) is 0 Å². The lowest BCUT2D eigenvalue weighted by atomic mass is 10.1. The van der Waals surface area contributed by atoms with E-state index in [9.17, 15) is 9.59 Å². The molecule has 0 aliphatic carbocycles. The van der Waals surface area contributed by atoms with Gasteiger partial charge in [0.25, 0.3) is 0 Å². The number of carbonyl (C=O) groups excluding carboxylic acids is 1. The molecule has 4 nitrogen and oxygen atoms in total. The van der Waals surface area contributed by atoms with Gasteiger partial charge >= 0.3 is 5.97 Å². The summed E-state index contributed by atoms with van der Waals surface area (Å²) in [7, 11) is 0. The standard InChI is InChI=1S/C15H20O4/c1-15(2,3)19-12-9-7-11(8-10-12)13(16)5-4-6-14(17)18/h7-10H,4-6H2,1-3H3,(H,17,18). The zero-order valence-electron chi connectivity index (χ0n) is 11.6. The molecule has 1 N–H and O–H groups in total. The van der Waals surface area contributed by atoms with Crippen LogP contribution in [0.25, 0.3) is 0 Å². The lowest BCUT2D eigenvalue weighted by Gasteiger charge is -2.21. The molecule has 0 aliphatic rings. The highest BCUT2D eigenvalue weighted by molar-refractivity contribution is 5.96. The zero-order valence-corrected chi connectivity index (χ0v) is 11.6. The smallest absolute Gasteiger partial charge is 0.303 e. The number of carbonyl (C=O) groups is 2. The summed E-state index contributed by atoms with van der Waals surface area (Å²) in [6.45, 7) is 5.87. The van der Waals surface area contributed by atoms with E-state index in [0.29, 0.717) is 12.0 Å². The number of hydrogen-bond donors (Lipinski definition) is 1. The maximum Gasteiger partial charge on any atom is 0.303 e. The molecule has 0 amide bonds. The minimum Gasteiger partial charge on any atom is -0.488 e. The van der Waals surface area contributed by atoms with Gasteiger partial charge in [-0.15, -0.1) is 0 Å². The summed E-state index contributed by atoms with van der Waals surface area (Å²) in [5.41, 5.74) is 0.319. The molecule has 0 saturated heterocycles. The third-order valence-corrected chi connectivity index (χ3v) is 2.39. The van der Waals surface area contributed by atoms with Crippen LogP contribution in [-0.4, -0.2) is 22.5 Å². The molecule has 0 unspecified atom stereocenters. The van der Waals surface area contributed by atoms with Gasteiger partial charge in [-0.05, 0) is 51.5 Å². The van der Waals surface area contributed by atoms with Crippen LogP contribution in [0.3, 0.4) is 0 Å². The molecule has 0 aliphatic heterocycles. The number of ketones is 1. The van der Waals surface area contributed by atoms with Crippen LogP contribution in [0, 0.1) is 0 Å². The molecule has 0 fully saturated rings. The van der Waals surface area contributed by atoms with E-state index in [1.165, 1.54) is 0 Å². The van der Waals surface area contributed by atoms with Gasteiger partial charge in [0.1, 0.15) is 11.4 Å². The Hall–Kier alpha value is -1.84. The second kappa shape index (κ2) is 6.36. The first-order chi connectivity index (χ1) is 8.78. The van der Waals surface area contributed by atoms with Crippen LogP contribution >= 0.6 is 0 Å². The van der Waals surface area contributed by atoms with Crippen molar-refractivity contribution in [1.82, 2.24) is 0 Å². The number of benzene rings is 1. The average Bonchev–Trinajstić information content (AvgIpc) is 2.27. The maximum absolute atomic E-state index is 11.8. The molecular formula is C15H20O4. The molecule has 0 spiro atoms. The highest BCUT2D eigenvalue weighted by atomic mass is 16.5. The molecule has 0 saturated carbocycles. The second-order valence-electron chi connectivity index (χ2n) is 5.41. The second-order valence-corrected chi connectivity index (χ2v) is 5.41. The van der Waals surface area contributed by atoms with E-state index >= 15 is 0 Å². The van der Waals surface area contributed by atoms with E-state index in [1.54, 1.807) is 24.3 Å². The molecule has 0 aromatic heterocycles. The predicted octanol–water partition coefficient (Wildman–Crippen LogP) is 3.30. The quantitative estimate of drug-likeness (QED) is 0.801. The lowest BCUT2D eigenvalue weighted by Crippen LogP contribution is -2.22. The maximum atomic E-state index is 11.8. The van der Waals surface area contributed by atoms with Crippen LogP contribution in [0.2, 0.25) is 0 Å². The summed E-state index contributed by atoms with van der Waals surface area (Å²) in [6.07, 6.45) is 0.650. The fraction of sp³-hybridized carbons (Fsp3) is 0.467. The van der Waals surface area contributed by atoms with Crippen LogP contribution in [0.5, 0.6) is 5.75 Å². The van der Waals surface area contributed by atoms with E-state index in [0.717, 1.165) is 5.75 Å². The van der Waals surface area contributed by atoms with E-state index < -0.39 is 5.97 Å². The summed E-state index contributed by atoms with van der Waals surface area (Å²) in [5, 5.41) is 8.51. The average molecular weight is 264 g/mol. The van der Waals surface area contributed by atoms with Crippen molar-refractivity contribution in [3.05, 3.63) is 29.8 Å². The van der Waals surface area contributed by atoms with Crippen LogP contribution in [0.15, 0.2) is 24.3 Å². The van der Waals surface area contributed by atoms with Gasteiger partial charge in [0.05, 0.1) is 0 Å². The van der Waals surface area contributed by atoms with Crippen LogP contribution in [0.1, 0.15) is 50.4 Å². The van der Waals surface area contributed by atoms with Crippen molar-refractivity contribution in [2.24, 2.45) is 0 Å². The summed E-state index contributed by atoms with van der Waals surface area (Å²) in [6, 6.07) is 6.94. The highest BCUT2D eigenvalue weighted by Crippen LogP contribution is 2.19. The molecule has 1 aromatic carbocycles. The van der Waals surface area contributed by atoms with Gasteiger partial charge in [-0.2, -0.15) is 0 Å². The number of hydrogen-bond acceptors (Lipinski definition) is 3. The van der Waals surface area contributed by atoms with Gasteiger partial charge in [0.15, 0.2) is 5.78 Å². The van der Waals surface area contributed by atoms with Crippen molar-refractivity contribution in [3.8, 4) is 5.75 Å². The Labute approximate surface area is 113 Å². The molecule has 0 bridgehead atoms.